The highest BCUT2D eigenvalue weighted by molar-refractivity contribution is 5.54. The van der Waals surface area contributed by atoms with Gasteiger partial charge in [0.05, 0.1) is 0 Å². The summed E-state index contributed by atoms with van der Waals surface area (Å²) >= 11 is 0. The highest BCUT2D eigenvalue weighted by Gasteiger charge is 2.00. The van der Waals surface area contributed by atoms with Crippen LogP contribution in [0.4, 0.5) is 5.69 Å². The molecule has 1 rings (SSSR count). The van der Waals surface area contributed by atoms with Gasteiger partial charge in [0, 0.05) is 12.7 Å². The van der Waals surface area contributed by atoms with E-state index in [4.69, 9.17) is 0 Å². The summed E-state index contributed by atoms with van der Waals surface area (Å²) in [5.41, 5.74) is 2.61. The molecule has 12 heavy (non-hydrogen) atoms. The molecule has 0 unspecified atom stereocenters. The fourth-order valence-corrected chi connectivity index (χ4v) is 1.25. The predicted octanol–water partition coefficient (Wildman–Crippen LogP) is 2.83. The zero-order valence-electron chi connectivity index (χ0n) is 7.75. The van der Waals surface area contributed by atoms with Crippen LogP contribution >= 0.6 is 0 Å². The molecule has 0 heterocycles. The molecule has 64 valence electrons. The Labute approximate surface area is 74.3 Å². The fraction of sp³-hybridized carbons (Fsp3) is 0.273. The van der Waals surface area contributed by atoms with Gasteiger partial charge >= 0.3 is 0 Å². The average Bonchev–Trinajstić information content (AvgIpc) is 2.16. The maximum Gasteiger partial charge on any atom is 0.0435 e. The Morgan fingerprint density at radius 1 is 1.42 bits per heavy atom. The minimum atomic E-state index is 1.06. The summed E-state index contributed by atoms with van der Waals surface area (Å²) in [7, 11) is 2.02. The number of hydrogen-bond donors (Lipinski definition) is 0. The van der Waals surface area contributed by atoms with Crippen molar-refractivity contribution in [3.05, 3.63) is 42.6 Å². The third-order valence-electron chi connectivity index (χ3n) is 2.03. The van der Waals surface area contributed by atoms with Crippen LogP contribution in [0, 0.1) is 0 Å². The maximum absolute atomic E-state index is 3.74. The zero-order chi connectivity index (χ0) is 8.97. The average molecular weight is 161 g/mol. The number of aryl methyl sites for hydroxylation is 1. The van der Waals surface area contributed by atoms with Gasteiger partial charge < -0.3 is 4.90 Å². The second kappa shape index (κ2) is 3.96. The van der Waals surface area contributed by atoms with Crippen LogP contribution in [0.3, 0.4) is 0 Å². The maximum atomic E-state index is 3.74. The van der Waals surface area contributed by atoms with Crippen molar-refractivity contribution >= 4 is 5.69 Å². The van der Waals surface area contributed by atoms with Gasteiger partial charge in [0.1, 0.15) is 0 Å². The molecule has 0 aliphatic heterocycles. The minimum Gasteiger partial charge on any atom is -0.351 e. The highest BCUT2D eigenvalue weighted by atomic mass is 15.1. The fourth-order valence-electron chi connectivity index (χ4n) is 1.25. The molecular formula is C11H15N. The molecule has 0 atom stereocenters. The Morgan fingerprint density at radius 3 is 2.67 bits per heavy atom. The molecule has 0 amide bonds. The van der Waals surface area contributed by atoms with Crippen molar-refractivity contribution in [2.45, 2.75) is 13.3 Å². The molecule has 0 N–H and O–H groups in total. The largest absolute Gasteiger partial charge is 0.351 e. The van der Waals surface area contributed by atoms with Crippen LogP contribution in [0.1, 0.15) is 12.5 Å². The van der Waals surface area contributed by atoms with E-state index in [0.717, 1.165) is 6.42 Å². The smallest absolute Gasteiger partial charge is 0.0435 e. The van der Waals surface area contributed by atoms with E-state index in [1.165, 1.54) is 11.3 Å². The van der Waals surface area contributed by atoms with E-state index < -0.39 is 0 Å². The van der Waals surface area contributed by atoms with Gasteiger partial charge in [0.25, 0.3) is 0 Å². The van der Waals surface area contributed by atoms with Crippen molar-refractivity contribution in [1.29, 1.82) is 0 Å². The van der Waals surface area contributed by atoms with E-state index in [1.807, 2.05) is 18.1 Å². The van der Waals surface area contributed by atoms with Gasteiger partial charge in [-0.2, -0.15) is 0 Å². The van der Waals surface area contributed by atoms with E-state index >= 15 is 0 Å². The molecule has 1 aromatic rings. The summed E-state index contributed by atoms with van der Waals surface area (Å²) < 4.78 is 0. The summed E-state index contributed by atoms with van der Waals surface area (Å²) in [5.74, 6) is 0. The predicted molar refractivity (Wildman–Crippen MR) is 54.4 cm³/mol. The standard InChI is InChI=1S/C11H15N/c1-4-10-8-6-7-9-11(10)12(3)5-2/h5-9H,2,4H2,1,3H3. The van der Waals surface area contributed by atoms with Crippen LogP contribution in [0.5, 0.6) is 0 Å². The van der Waals surface area contributed by atoms with E-state index in [0.29, 0.717) is 0 Å². The second-order valence-corrected chi connectivity index (χ2v) is 2.78. The van der Waals surface area contributed by atoms with Crippen molar-refractivity contribution < 1.29 is 0 Å². The van der Waals surface area contributed by atoms with E-state index in [2.05, 4.69) is 37.8 Å². The first-order valence-corrected chi connectivity index (χ1v) is 4.23. The first-order valence-electron chi connectivity index (χ1n) is 4.23. The number of rotatable bonds is 3. The van der Waals surface area contributed by atoms with Gasteiger partial charge in [-0.05, 0) is 24.3 Å². The summed E-state index contributed by atoms with van der Waals surface area (Å²) in [4.78, 5) is 2.04. The summed E-state index contributed by atoms with van der Waals surface area (Å²) in [6, 6.07) is 8.38. The molecule has 0 saturated heterocycles. The molecule has 1 heteroatoms. The number of hydrogen-bond acceptors (Lipinski definition) is 1. The molecule has 1 nitrogen and oxygen atoms in total. The SMILES string of the molecule is C=CN(C)c1ccccc1CC. The van der Waals surface area contributed by atoms with Crippen LogP contribution < -0.4 is 4.90 Å². The third kappa shape index (κ3) is 1.67. The second-order valence-electron chi connectivity index (χ2n) is 2.78. The van der Waals surface area contributed by atoms with Crippen LogP contribution in [-0.4, -0.2) is 7.05 Å². The normalized spacial score (nSPS) is 9.50. The molecule has 0 aromatic heterocycles. The van der Waals surface area contributed by atoms with Crippen molar-refractivity contribution in [3.63, 3.8) is 0 Å². The van der Waals surface area contributed by atoms with Gasteiger partial charge in [-0.25, -0.2) is 0 Å². The Morgan fingerprint density at radius 2 is 2.08 bits per heavy atom. The molecule has 0 bridgehead atoms. The van der Waals surface area contributed by atoms with Gasteiger partial charge in [0.15, 0.2) is 0 Å². The van der Waals surface area contributed by atoms with Gasteiger partial charge in [0.2, 0.25) is 0 Å². The summed E-state index contributed by atoms with van der Waals surface area (Å²) in [5, 5.41) is 0. The molecule has 0 fully saturated rings. The van der Waals surface area contributed by atoms with E-state index in [-0.39, 0.29) is 0 Å². The topological polar surface area (TPSA) is 3.24 Å². The van der Waals surface area contributed by atoms with Gasteiger partial charge in [-0.15, -0.1) is 0 Å². The number of benzene rings is 1. The highest BCUT2D eigenvalue weighted by Crippen LogP contribution is 2.19. The third-order valence-corrected chi connectivity index (χ3v) is 2.03. The summed E-state index contributed by atoms with van der Waals surface area (Å²) in [6.07, 6.45) is 2.89. The molecule has 0 spiro atoms. The molecule has 0 saturated carbocycles. The molecule has 0 aliphatic rings. The number of nitrogens with zero attached hydrogens (tertiary/aromatic N) is 1. The Kier molecular flexibility index (Phi) is 2.92. The molecule has 0 aliphatic carbocycles. The Bertz CT molecular complexity index is 265. The monoisotopic (exact) mass is 161 g/mol. The Balaban J connectivity index is 3.04. The van der Waals surface area contributed by atoms with Gasteiger partial charge in [-0.3, -0.25) is 0 Å². The first-order chi connectivity index (χ1) is 5.79. The van der Waals surface area contributed by atoms with Crippen molar-refractivity contribution in [1.82, 2.24) is 0 Å². The summed E-state index contributed by atoms with van der Waals surface area (Å²) in [6.45, 7) is 5.90. The lowest BCUT2D eigenvalue weighted by Crippen LogP contribution is -2.09. The molecule has 0 radical (unpaired) electrons. The lowest BCUT2D eigenvalue weighted by atomic mass is 10.1. The van der Waals surface area contributed by atoms with E-state index in [9.17, 15) is 0 Å². The van der Waals surface area contributed by atoms with Crippen LogP contribution in [0.25, 0.3) is 0 Å². The quantitative estimate of drug-likeness (QED) is 0.659. The number of anilines is 1. The van der Waals surface area contributed by atoms with Crippen molar-refractivity contribution in [2.75, 3.05) is 11.9 Å². The van der Waals surface area contributed by atoms with Crippen LogP contribution in [-0.2, 0) is 6.42 Å². The molecule has 1 aromatic carbocycles. The lowest BCUT2D eigenvalue weighted by Gasteiger charge is -2.16. The van der Waals surface area contributed by atoms with Crippen molar-refractivity contribution in [3.8, 4) is 0 Å². The minimum absolute atomic E-state index is 1.06. The lowest BCUT2D eigenvalue weighted by molar-refractivity contribution is 1.09. The van der Waals surface area contributed by atoms with Crippen molar-refractivity contribution in [2.24, 2.45) is 0 Å². The number of para-hydroxylation sites is 1. The molecular weight excluding hydrogens is 146 g/mol. The first kappa shape index (κ1) is 8.85. The van der Waals surface area contributed by atoms with E-state index in [1.54, 1.807) is 0 Å². The Hall–Kier alpha value is -1.24. The van der Waals surface area contributed by atoms with Crippen LogP contribution in [0.2, 0.25) is 0 Å². The zero-order valence-corrected chi connectivity index (χ0v) is 7.75. The van der Waals surface area contributed by atoms with Crippen LogP contribution in [0.15, 0.2) is 37.0 Å². The van der Waals surface area contributed by atoms with Gasteiger partial charge in [-0.1, -0.05) is 31.7 Å².